The van der Waals surface area contributed by atoms with Crippen molar-refractivity contribution in [3.63, 3.8) is 0 Å². The first-order valence-electron chi connectivity index (χ1n) is 8.10. The normalized spacial score (nSPS) is 10.9. The Labute approximate surface area is 173 Å². The van der Waals surface area contributed by atoms with Gasteiger partial charge in [0.05, 0.1) is 10.6 Å². The lowest BCUT2D eigenvalue weighted by atomic mass is 10.1. The molecule has 7 heteroatoms. The predicted octanol–water partition coefficient (Wildman–Crippen LogP) is 6.33. The number of hydrogen-bond donors (Lipinski definition) is 1. The Bertz CT molecular complexity index is 1140. The quantitative estimate of drug-likeness (QED) is 0.390. The molecule has 2 aromatic carbocycles. The Morgan fingerprint density at radius 1 is 1.19 bits per heavy atom. The van der Waals surface area contributed by atoms with Gasteiger partial charge in [0, 0.05) is 21.9 Å². The average Bonchev–Trinajstić information content (AvgIpc) is 3.09. The number of carbonyl (C=O) groups is 1. The number of thiazole rings is 1. The topological polar surface area (TPSA) is 54.9 Å². The number of nitrogens with one attached hydrogen (secondary N) is 1. The van der Waals surface area contributed by atoms with Crippen LogP contribution in [0.1, 0.15) is 15.9 Å². The summed E-state index contributed by atoms with van der Waals surface area (Å²) in [5.41, 5.74) is 3.98. The second kappa shape index (κ2) is 7.38. The number of carbonyl (C=O) groups excluding carboxylic acids is 1. The third-order valence-corrected chi connectivity index (χ3v) is 5.91. The summed E-state index contributed by atoms with van der Waals surface area (Å²) in [4.78, 5) is 22.5. The molecule has 0 radical (unpaired) electrons. The minimum absolute atomic E-state index is 0.249. The van der Waals surface area contributed by atoms with Gasteiger partial charge in [-0.3, -0.25) is 4.79 Å². The third kappa shape index (κ3) is 3.74. The van der Waals surface area contributed by atoms with Crippen LogP contribution in [0.15, 0.2) is 59.2 Å². The van der Waals surface area contributed by atoms with Crippen LogP contribution in [0.5, 0.6) is 0 Å². The third-order valence-electron chi connectivity index (χ3n) is 4.06. The highest BCUT2D eigenvalue weighted by Crippen LogP contribution is 2.31. The molecule has 0 saturated heterocycles. The van der Waals surface area contributed by atoms with Crippen molar-refractivity contribution in [2.75, 3.05) is 5.32 Å². The zero-order valence-electron chi connectivity index (χ0n) is 14.2. The molecule has 1 amide bonds. The number of pyridine rings is 1. The summed E-state index contributed by atoms with van der Waals surface area (Å²) in [7, 11) is 0. The Morgan fingerprint density at radius 3 is 2.81 bits per heavy atom. The smallest absolute Gasteiger partial charge is 0.257 e. The van der Waals surface area contributed by atoms with E-state index in [1.54, 1.807) is 35.7 Å². The van der Waals surface area contributed by atoms with Gasteiger partial charge in [-0.1, -0.05) is 38.9 Å². The van der Waals surface area contributed by atoms with Crippen LogP contribution in [0, 0.1) is 6.92 Å². The van der Waals surface area contributed by atoms with E-state index in [2.05, 4.69) is 31.2 Å². The highest BCUT2D eigenvalue weighted by molar-refractivity contribution is 9.10. The highest BCUT2D eigenvalue weighted by Gasteiger charge is 2.14. The van der Waals surface area contributed by atoms with Crippen LogP contribution in [0.4, 0.5) is 5.69 Å². The number of hydrogen-bond acceptors (Lipinski definition) is 4. The SMILES string of the molecule is Cc1cc(-c2nc3cccnc3s2)ccc1NC(=O)c1cc(Br)ccc1Cl. The summed E-state index contributed by atoms with van der Waals surface area (Å²) in [6, 6.07) is 14.9. The van der Waals surface area contributed by atoms with E-state index in [0.29, 0.717) is 10.6 Å². The van der Waals surface area contributed by atoms with E-state index in [-0.39, 0.29) is 5.91 Å². The minimum Gasteiger partial charge on any atom is -0.322 e. The Kier molecular flexibility index (Phi) is 4.95. The lowest BCUT2D eigenvalue weighted by molar-refractivity contribution is 0.102. The molecule has 0 aliphatic heterocycles. The van der Waals surface area contributed by atoms with E-state index in [0.717, 1.165) is 36.6 Å². The Morgan fingerprint density at radius 2 is 2.04 bits per heavy atom. The number of benzene rings is 2. The number of rotatable bonds is 3. The van der Waals surface area contributed by atoms with Crippen LogP contribution < -0.4 is 5.32 Å². The maximum absolute atomic E-state index is 12.6. The van der Waals surface area contributed by atoms with Gasteiger partial charge in [-0.2, -0.15) is 0 Å². The molecule has 4 rings (SSSR count). The molecule has 2 aromatic heterocycles. The zero-order valence-corrected chi connectivity index (χ0v) is 17.3. The van der Waals surface area contributed by atoms with Crippen molar-refractivity contribution in [1.29, 1.82) is 0 Å². The summed E-state index contributed by atoms with van der Waals surface area (Å²) in [5.74, 6) is -0.249. The molecule has 4 aromatic rings. The van der Waals surface area contributed by atoms with Gasteiger partial charge in [-0.05, 0) is 61.0 Å². The standard InChI is InChI=1S/C20H13BrClN3OS/c1-11-9-12(19-25-17-3-2-8-23-20(17)27-19)4-7-16(11)24-18(26)14-10-13(21)5-6-15(14)22/h2-10H,1H3,(H,24,26). The molecule has 0 aliphatic rings. The van der Waals surface area contributed by atoms with E-state index in [9.17, 15) is 4.79 Å². The molecule has 4 nitrogen and oxygen atoms in total. The van der Waals surface area contributed by atoms with Crippen LogP contribution in [0.3, 0.4) is 0 Å². The fraction of sp³-hybridized carbons (Fsp3) is 0.0500. The van der Waals surface area contributed by atoms with E-state index in [1.807, 2.05) is 37.3 Å². The second-order valence-corrected chi connectivity index (χ2v) is 8.26. The monoisotopic (exact) mass is 457 g/mol. The minimum atomic E-state index is -0.249. The molecule has 27 heavy (non-hydrogen) atoms. The van der Waals surface area contributed by atoms with Gasteiger partial charge in [-0.15, -0.1) is 0 Å². The molecular weight excluding hydrogens is 446 g/mol. The molecule has 134 valence electrons. The highest BCUT2D eigenvalue weighted by atomic mass is 79.9. The summed E-state index contributed by atoms with van der Waals surface area (Å²) in [5, 5.41) is 4.24. The van der Waals surface area contributed by atoms with Crippen molar-refractivity contribution in [2.24, 2.45) is 0 Å². The molecule has 0 saturated carbocycles. The number of fused-ring (bicyclic) bond motifs is 1. The molecular formula is C20H13BrClN3OS. The fourth-order valence-corrected chi connectivity index (χ4v) is 4.16. The second-order valence-electron chi connectivity index (χ2n) is 5.95. The van der Waals surface area contributed by atoms with Crippen LogP contribution in [0.25, 0.3) is 20.9 Å². The largest absolute Gasteiger partial charge is 0.322 e. The number of nitrogens with zero attached hydrogens (tertiary/aromatic N) is 2. The van der Waals surface area contributed by atoms with Gasteiger partial charge in [0.1, 0.15) is 15.4 Å². The average molecular weight is 459 g/mol. The van der Waals surface area contributed by atoms with Crippen LogP contribution in [-0.2, 0) is 0 Å². The van der Waals surface area contributed by atoms with Gasteiger partial charge >= 0.3 is 0 Å². The first-order valence-corrected chi connectivity index (χ1v) is 10.1. The summed E-state index contributed by atoms with van der Waals surface area (Å²) >= 11 is 11.1. The fourth-order valence-electron chi connectivity index (χ4n) is 2.69. The number of aromatic nitrogens is 2. The van der Waals surface area contributed by atoms with Crippen molar-refractivity contribution in [2.45, 2.75) is 6.92 Å². The van der Waals surface area contributed by atoms with Gasteiger partial charge in [0.15, 0.2) is 0 Å². The van der Waals surface area contributed by atoms with E-state index < -0.39 is 0 Å². The lowest BCUT2D eigenvalue weighted by Gasteiger charge is -2.11. The molecule has 1 N–H and O–H groups in total. The van der Waals surface area contributed by atoms with E-state index in [4.69, 9.17) is 11.6 Å². The van der Waals surface area contributed by atoms with Crippen molar-refractivity contribution in [3.05, 3.63) is 75.4 Å². The first-order chi connectivity index (χ1) is 13.0. The molecule has 0 aliphatic carbocycles. The van der Waals surface area contributed by atoms with Crippen molar-refractivity contribution < 1.29 is 4.79 Å². The van der Waals surface area contributed by atoms with Gasteiger partial charge < -0.3 is 5.32 Å². The van der Waals surface area contributed by atoms with Crippen LogP contribution >= 0.6 is 38.9 Å². The Hall–Kier alpha value is -2.28. The summed E-state index contributed by atoms with van der Waals surface area (Å²) in [6.45, 7) is 1.95. The number of amides is 1. The molecule has 0 bridgehead atoms. The zero-order chi connectivity index (χ0) is 19.0. The van der Waals surface area contributed by atoms with Gasteiger partial charge in [-0.25, -0.2) is 9.97 Å². The lowest BCUT2D eigenvalue weighted by Crippen LogP contribution is -2.13. The Balaban J connectivity index is 1.62. The summed E-state index contributed by atoms with van der Waals surface area (Å²) in [6.07, 6.45) is 1.77. The van der Waals surface area contributed by atoms with Crippen molar-refractivity contribution in [1.82, 2.24) is 9.97 Å². The molecule has 0 unspecified atom stereocenters. The van der Waals surface area contributed by atoms with Gasteiger partial charge in [0.25, 0.3) is 5.91 Å². The van der Waals surface area contributed by atoms with Crippen LogP contribution in [0.2, 0.25) is 5.02 Å². The molecule has 0 fully saturated rings. The number of anilines is 1. The predicted molar refractivity (Wildman–Crippen MR) is 115 cm³/mol. The van der Waals surface area contributed by atoms with E-state index in [1.165, 1.54) is 0 Å². The summed E-state index contributed by atoms with van der Waals surface area (Å²) < 4.78 is 0.800. The molecule has 2 heterocycles. The van der Waals surface area contributed by atoms with Crippen molar-refractivity contribution in [3.8, 4) is 10.6 Å². The van der Waals surface area contributed by atoms with Gasteiger partial charge in [0.2, 0.25) is 0 Å². The number of aryl methyl sites for hydroxylation is 1. The van der Waals surface area contributed by atoms with E-state index >= 15 is 0 Å². The maximum atomic E-state index is 12.6. The van der Waals surface area contributed by atoms with Crippen LogP contribution in [-0.4, -0.2) is 15.9 Å². The number of halogens is 2. The maximum Gasteiger partial charge on any atom is 0.257 e. The molecule has 0 spiro atoms. The first kappa shape index (κ1) is 18.1. The van der Waals surface area contributed by atoms with Crippen molar-refractivity contribution >= 4 is 60.8 Å². The molecule has 0 atom stereocenters.